The van der Waals surface area contributed by atoms with Gasteiger partial charge in [0.1, 0.15) is 6.10 Å². The van der Waals surface area contributed by atoms with Crippen LogP contribution in [0.3, 0.4) is 0 Å². The number of ether oxygens (including phenoxy) is 3. The van der Waals surface area contributed by atoms with Gasteiger partial charge in [-0.1, -0.05) is 38.7 Å². The van der Waals surface area contributed by atoms with E-state index in [1.54, 1.807) is 0 Å². The van der Waals surface area contributed by atoms with Crippen LogP contribution < -0.4 is 0 Å². The minimum Gasteiger partial charge on any atom is -0.456 e. The van der Waals surface area contributed by atoms with Crippen molar-refractivity contribution in [1.29, 1.82) is 0 Å². The number of rotatable bonds is 8. The van der Waals surface area contributed by atoms with Crippen LogP contribution in [0, 0.1) is 11.8 Å². The van der Waals surface area contributed by atoms with Crippen LogP contribution in [-0.4, -0.2) is 69.6 Å². The van der Waals surface area contributed by atoms with Crippen molar-refractivity contribution in [3.63, 3.8) is 0 Å². The third-order valence-electron chi connectivity index (χ3n) is 7.38. The molecule has 0 saturated carbocycles. The van der Waals surface area contributed by atoms with Crippen molar-refractivity contribution < 1.29 is 53.5 Å². The fourth-order valence-electron chi connectivity index (χ4n) is 5.48. The van der Waals surface area contributed by atoms with Gasteiger partial charge in [0, 0.05) is 24.0 Å². The Kier molecular flexibility index (Phi) is 8.05. The summed E-state index contributed by atoms with van der Waals surface area (Å²) in [7, 11) is 0. The molecule has 4 aliphatic rings. The predicted molar refractivity (Wildman–Crippen MR) is 123 cm³/mol. The van der Waals surface area contributed by atoms with E-state index in [1.807, 2.05) is 6.92 Å². The molecule has 200 valence electrons. The molecule has 6 atom stereocenters. The Bertz CT molecular complexity index is 1100. The van der Waals surface area contributed by atoms with Gasteiger partial charge in [0.2, 0.25) is 0 Å². The van der Waals surface area contributed by atoms with E-state index in [0.29, 0.717) is 6.42 Å². The molecule has 3 N–H and O–H groups in total. The number of aliphatic hydroxyl groups is 3. The second-order valence-corrected chi connectivity index (χ2v) is 9.80. The number of unbranched alkanes of at least 4 members (excludes halogenated alkanes) is 3. The van der Waals surface area contributed by atoms with Gasteiger partial charge in [0.05, 0.1) is 35.0 Å². The first kappa shape index (κ1) is 26.9. The zero-order valence-corrected chi connectivity index (χ0v) is 20.4. The topological polar surface area (TPSA) is 174 Å². The van der Waals surface area contributed by atoms with Crippen LogP contribution in [-0.2, 0) is 38.2 Å². The molecule has 0 spiro atoms. The van der Waals surface area contributed by atoms with Crippen LogP contribution in [0.25, 0.3) is 0 Å². The third-order valence-corrected chi connectivity index (χ3v) is 7.38. The quantitative estimate of drug-likeness (QED) is 0.179. The molecule has 3 aliphatic heterocycles. The minimum absolute atomic E-state index is 0.155. The summed E-state index contributed by atoms with van der Waals surface area (Å²) in [6.45, 7) is 2.02. The second-order valence-electron chi connectivity index (χ2n) is 9.80. The molecule has 0 aromatic rings. The zero-order chi connectivity index (χ0) is 26.9. The summed E-state index contributed by atoms with van der Waals surface area (Å²) < 4.78 is 14.8. The average molecular weight is 519 g/mol. The average Bonchev–Trinajstić information content (AvgIpc) is 3.30. The van der Waals surface area contributed by atoms with E-state index in [9.17, 15) is 39.3 Å². The SMILES string of the molecule is CCCCCC[C@H](O)C1C2=C(CC([C@@H](O)C3CC=CC(=O)O3)CC3=C(C(=O)OC3=O)[C@H]1O)C(=O)OC2=O. The maximum atomic E-state index is 12.8. The molecular weight excluding hydrogens is 488 g/mol. The first-order valence-electron chi connectivity index (χ1n) is 12.5. The molecule has 3 heterocycles. The largest absolute Gasteiger partial charge is 0.456 e. The van der Waals surface area contributed by atoms with Gasteiger partial charge in [0.15, 0.2) is 0 Å². The molecule has 0 amide bonds. The second kappa shape index (κ2) is 11.1. The molecule has 4 rings (SSSR count). The standard InChI is InChI=1S/C26H30O11/c1-2-3-4-5-7-15(27)20-18-13(23(31)36-25(18)33)10-12(21(29)16-8-6-9-17(28)35-16)11-14-19(22(20)30)26(34)37-24(14)32/h6,9,12,15-16,20-22,27,29-30H,2-5,7-8,10-11H2,1H3/t12?,15-,16?,20?,21+,22+/m0/s1. The van der Waals surface area contributed by atoms with Crippen LogP contribution in [0.1, 0.15) is 58.3 Å². The van der Waals surface area contributed by atoms with Gasteiger partial charge in [-0.15, -0.1) is 0 Å². The van der Waals surface area contributed by atoms with Gasteiger partial charge < -0.3 is 29.5 Å². The lowest BCUT2D eigenvalue weighted by Crippen LogP contribution is -2.39. The Hall–Kier alpha value is -3.15. The summed E-state index contributed by atoms with van der Waals surface area (Å²) in [5.74, 6) is -7.33. The maximum Gasteiger partial charge on any atom is 0.345 e. The molecule has 1 aliphatic carbocycles. The van der Waals surface area contributed by atoms with Crippen molar-refractivity contribution in [3.05, 3.63) is 34.4 Å². The number of cyclic esters (lactones) is 5. The first-order valence-corrected chi connectivity index (χ1v) is 12.5. The molecule has 0 bridgehead atoms. The van der Waals surface area contributed by atoms with Gasteiger partial charge in [-0.05, 0) is 25.2 Å². The van der Waals surface area contributed by atoms with E-state index in [4.69, 9.17) is 14.2 Å². The van der Waals surface area contributed by atoms with E-state index in [1.165, 1.54) is 12.2 Å². The monoisotopic (exact) mass is 518 g/mol. The van der Waals surface area contributed by atoms with Crippen LogP contribution in [0.4, 0.5) is 0 Å². The number of carbonyl (C=O) groups is 5. The number of hydrogen-bond acceptors (Lipinski definition) is 11. The number of carbonyl (C=O) groups excluding carboxylic acids is 5. The zero-order valence-electron chi connectivity index (χ0n) is 20.4. The highest BCUT2D eigenvalue weighted by Crippen LogP contribution is 2.43. The Morgan fingerprint density at radius 2 is 1.51 bits per heavy atom. The van der Waals surface area contributed by atoms with Crippen LogP contribution in [0.5, 0.6) is 0 Å². The molecule has 0 aromatic carbocycles. The Balaban J connectivity index is 1.78. The summed E-state index contributed by atoms with van der Waals surface area (Å²) in [5.41, 5.74) is -1.10. The number of hydrogen-bond donors (Lipinski definition) is 3. The highest BCUT2D eigenvalue weighted by molar-refractivity contribution is 6.15. The van der Waals surface area contributed by atoms with E-state index < -0.39 is 71.7 Å². The van der Waals surface area contributed by atoms with Gasteiger partial charge >= 0.3 is 29.8 Å². The molecule has 0 saturated heterocycles. The smallest absolute Gasteiger partial charge is 0.345 e. The van der Waals surface area contributed by atoms with Crippen LogP contribution in [0.2, 0.25) is 0 Å². The molecule has 0 fully saturated rings. The fourth-order valence-corrected chi connectivity index (χ4v) is 5.48. The molecule has 11 nitrogen and oxygen atoms in total. The third kappa shape index (κ3) is 5.29. The highest BCUT2D eigenvalue weighted by Gasteiger charge is 2.51. The van der Waals surface area contributed by atoms with Gasteiger partial charge in [-0.25, -0.2) is 24.0 Å². The lowest BCUT2D eigenvalue weighted by molar-refractivity contribution is -0.154. The van der Waals surface area contributed by atoms with Gasteiger partial charge in [-0.3, -0.25) is 0 Å². The molecule has 3 unspecified atom stereocenters. The van der Waals surface area contributed by atoms with E-state index >= 15 is 0 Å². The maximum absolute atomic E-state index is 12.8. The van der Waals surface area contributed by atoms with Crippen molar-refractivity contribution in [1.82, 2.24) is 0 Å². The Morgan fingerprint density at radius 1 is 0.892 bits per heavy atom. The van der Waals surface area contributed by atoms with Gasteiger partial charge in [-0.2, -0.15) is 0 Å². The molecule has 37 heavy (non-hydrogen) atoms. The van der Waals surface area contributed by atoms with Crippen LogP contribution in [0.15, 0.2) is 34.4 Å². The van der Waals surface area contributed by atoms with Gasteiger partial charge in [0.25, 0.3) is 0 Å². The molecule has 0 radical (unpaired) electrons. The first-order chi connectivity index (χ1) is 17.6. The van der Waals surface area contributed by atoms with E-state index in [-0.39, 0.29) is 42.4 Å². The van der Waals surface area contributed by atoms with Crippen molar-refractivity contribution in [2.24, 2.45) is 11.8 Å². The lowest BCUT2D eigenvalue weighted by Gasteiger charge is -2.30. The highest BCUT2D eigenvalue weighted by atomic mass is 16.6. The lowest BCUT2D eigenvalue weighted by atomic mass is 9.80. The molecular formula is C26H30O11. The molecule has 0 aromatic heterocycles. The summed E-state index contributed by atoms with van der Waals surface area (Å²) in [4.78, 5) is 62.6. The summed E-state index contributed by atoms with van der Waals surface area (Å²) in [6, 6.07) is 0. The normalized spacial score (nSPS) is 29.7. The van der Waals surface area contributed by atoms with Crippen molar-refractivity contribution in [2.75, 3.05) is 0 Å². The predicted octanol–water partition coefficient (Wildman–Crippen LogP) is 0.697. The van der Waals surface area contributed by atoms with E-state index in [0.717, 1.165) is 19.3 Å². The summed E-state index contributed by atoms with van der Waals surface area (Å²) in [5, 5.41) is 33.6. The van der Waals surface area contributed by atoms with Crippen molar-refractivity contribution >= 4 is 29.8 Å². The Labute approximate surface area is 212 Å². The van der Waals surface area contributed by atoms with Crippen LogP contribution >= 0.6 is 0 Å². The van der Waals surface area contributed by atoms with Crippen molar-refractivity contribution in [2.45, 2.75) is 82.7 Å². The Morgan fingerprint density at radius 3 is 2.14 bits per heavy atom. The van der Waals surface area contributed by atoms with Crippen molar-refractivity contribution in [3.8, 4) is 0 Å². The molecule has 11 heteroatoms. The minimum atomic E-state index is -1.84. The number of esters is 5. The number of aliphatic hydroxyl groups excluding tert-OH is 3. The fraction of sp³-hybridized carbons (Fsp3) is 0.577. The van der Waals surface area contributed by atoms with E-state index in [2.05, 4.69) is 0 Å². The summed E-state index contributed by atoms with van der Waals surface area (Å²) in [6.07, 6.45) is 0.0132. The summed E-state index contributed by atoms with van der Waals surface area (Å²) >= 11 is 0.